The zero-order valence-electron chi connectivity index (χ0n) is 10.1. The van der Waals surface area contributed by atoms with Crippen molar-refractivity contribution in [3.63, 3.8) is 0 Å². The van der Waals surface area contributed by atoms with E-state index in [0.717, 1.165) is 18.2 Å². The quantitative estimate of drug-likeness (QED) is 0.879. The standard InChI is InChI=1S/C12H16F2N2O/c1-7(15)12(17)16(3)8(2)10-6-9(13)4-5-11(10)14/h4-8H,15H2,1-3H3/t7-,8?/m1/s1. The van der Waals surface area contributed by atoms with Gasteiger partial charge in [0, 0.05) is 12.6 Å². The molecule has 0 aliphatic heterocycles. The van der Waals surface area contributed by atoms with E-state index in [1.807, 2.05) is 0 Å². The van der Waals surface area contributed by atoms with Crippen molar-refractivity contribution in [1.82, 2.24) is 4.90 Å². The van der Waals surface area contributed by atoms with E-state index < -0.39 is 23.7 Å². The molecule has 1 aromatic rings. The molecule has 0 bridgehead atoms. The summed E-state index contributed by atoms with van der Waals surface area (Å²) in [6, 6.07) is 1.94. The summed E-state index contributed by atoms with van der Waals surface area (Å²) in [5.41, 5.74) is 5.60. The van der Waals surface area contributed by atoms with Crippen LogP contribution < -0.4 is 5.73 Å². The first-order valence-corrected chi connectivity index (χ1v) is 5.31. The molecule has 0 aliphatic rings. The second kappa shape index (κ2) is 5.23. The van der Waals surface area contributed by atoms with E-state index in [1.54, 1.807) is 13.8 Å². The van der Waals surface area contributed by atoms with Crippen LogP contribution in [0.1, 0.15) is 25.5 Å². The van der Waals surface area contributed by atoms with E-state index in [-0.39, 0.29) is 11.5 Å². The number of halogens is 2. The van der Waals surface area contributed by atoms with Crippen molar-refractivity contribution in [3.8, 4) is 0 Å². The van der Waals surface area contributed by atoms with Gasteiger partial charge in [-0.05, 0) is 32.0 Å². The van der Waals surface area contributed by atoms with Crippen molar-refractivity contribution < 1.29 is 13.6 Å². The molecule has 17 heavy (non-hydrogen) atoms. The van der Waals surface area contributed by atoms with Gasteiger partial charge < -0.3 is 10.6 Å². The number of hydrogen-bond acceptors (Lipinski definition) is 2. The van der Waals surface area contributed by atoms with Crippen molar-refractivity contribution in [3.05, 3.63) is 35.4 Å². The van der Waals surface area contributed by atoms with E-state index in [0.29, 0.717) is 0 Å². The molecule has 2 atom stereocenters. The molecule has 0 saturated carbocycles. The molecule has 0 spiro atoms. The zero-order valence-corrected chi connectivity index (χ0v) is 10.1. The molecule has 1 unspecified atom stereocenters. The average Bonchev–Trinajstić information content (AvgIpc) is 2.29. The lowest BCUT2D eigenvalue weighted by molar-refractivity contribution is -0.132. The van der Waals surface area contributed by atoms with Crippen molar-refractivity contribution >= 4 is 5.91 Å². The number of hydrogen-bond donors (Lipinski definition) is 1. The predicted molar refractivity (Wildman–Crippen MR) is 61.2 cm³/mol. The number of nitrogens with zero attached hydrogens (tertiary/aromatic N) is 1. The monoisotopic (exact) mass is 242 g/mol. The van der Waals surface area contributed by atoms with E-state index >= 15 is 0 Å². The van der Waals surface area contributed by atoms with Gasteiger partial charge in [-0.15, -0.1) is 0 Å². The topological polar surface area (TPSA) is 46.3 Å². The van der Waals surface area contributed by atoms with Crippen LogP contribution in [0.25, 0.3) is 0 Å². The van der Waals surface area contributed by atoms with Crippen LogP contribution in [0, 0.1) is 11.6 Å². The third kappa shape index (κ3) is 3.00. The van der Waals surface area contributed by atoms with Gasteiger partial charge in [0.25, 0.3) is 0 Å². The summed E-state index contributed by atoms with van der Waals surface area (Å²) in [6.45, 7) is 3.17. The molecule has 2 N–H and O–H groups in total. The zero-order chi connectivity index (χ0) is 13.2. The largest absolute Gasteiger partial charge is 0.338 e. The Morgan fingerprint density at radius 3 is 2.47 bits per heavy atom. The number of amides is 1. The van der Waals surface area contributed by atoms with Gasteiger partial charge in [0.1, 0.15) is 11.6 Å². The van der Waals surface area contributed by atoms with Gasteiger partial charge >= 0.3 is 0 Å². The summed E-state index contributed by atoms with van der Waals surface area (Å²) in [6.07, 6.45) is 0. The highest BCUT2D eigenvalue weighted by Crippen LogP contribution is 2.23. The Kier molecular flexibility index (Phi) is 4.17. The lowest BCUT2D eigenvalue weighted by Crippen LogP contribution is -2.41. The summed E-state index contributed by atoms with van der Waals surface area (Å²) >= 11 is 0. The SMILES string of the molecule is CC(c1cc(F)ccc1F)N(C)C(=O)[C@@H](C)N. The molecular formula is C12H16F2N2O. The highest BCUT2D eigenvalue weighted by atomic mass is 19.1. The first-order chi connectivity index (χ1) is 7.84. The van der Waals surface area contributed by atoms with Gasteiger partial charge in [-0.3, -0.25) is 4.79 Å². The third-order valence-electron chi connectivity index (χ3n) is 2.73. The molecular weight excluding hydrogens is 226 g/mol. The van der Waals surface area contributed by atoms with Crippen LogP contribution in [0.3, 0.4) is 0 Å². The third-order valence-corrected chi connectivity index (χ3v) is 2.73. The molecule has 3 nitrogen and oxygen atoms in total. The normalized spacial score (nSPS) is 14.2. The number of rotatable bonds is 3. The van der Waals surface area contributed by atoms with Gasteiger partial charge in [-0.2, -0.15) is 0 Å². The summed E-state index contributed by atoms with van der Waals surface area (Å²) < 4.78 is 26.5. The minimum absolute atomic E-state index is 0.140. The maximum absolute atomic E-state index is 13.5. The molecule has 1 rings (SSSR count). The van der Waals surface area contributed by atoms with Crippen LogP contribution in [0.2, 0.25) is 0 Å². The van der Waals surface area contributed by atoms with Crippen molar-refractivity contribution in [2.75, 3.05) is 7.05 Å². The van der Waals surface area contributed by atoms with Gasteiger partial charge in [-0.1, -0.05) is 0 Å². The number of carbonyl (C=O) groups is 1. The minimum atomic E-state index is -0.668. The molecule has 5 heteroatoms. The van der Waals surface area contributed by atoms with Gasteiger partial charge in [0.15, 0.2) is 0 Å². The molecule has 0 radical (unpaired) electrons. The molecule has 0 heterocycles. The Bertz CT molecular complexity index is 421. The summed E-state index contributed by atoms with van der Waals surface area (Å²) in [5, 5.41) is 0. The van der Waals surface area contributed by atoms with Crippen molar-refractivity contribution in [1.29, 1.82) is 0 Å². The van der Waals surface area contributed by atoms with E-state index in [4.69, 9.17) is 5.73 Å². The maximum Gasteiger partial charge on any atom is 0.239 e. The lowest BCUT2D eigenvalue weighted by atomic mass is 10.1. The first-order valence-electron chi connectivity index (χ1n) is 5.31. The molecule has 1 aromatic carbocycles. The molecule has 0 saturated heterocycles. The van der Waals surface area contributed by atoms with Gasteiger partial charge in [-0.25, -0.2) is 8.78 Å². The Hall–Kier alpha value is -1.49. The fourth-order valence-electron chi connectivity index (χ4n) is 1.56. The van der Waals surface area contributed by atoms with Gasteiger partial charge in [0.05, 0.1) is 12.1 Å². The van der Waals surface area contributed by atoms with Crippen LogP contribution in [-0.2, 0) is 4.79 Å². The summed E-state index contributed by atoms with van der Waals surface area (Å²) in [5.74, 6) is -1.39. The van der Waals surface area contributed by atoms with Crippen LogP contribution in [0.4, 0.5) is 8.78 Å². The Morgan fingerprint density at radius 2 is 1.94 bits per heavy atom. The number of likely N-dealkylation sites (N-methyl/N-ethyl adjacent to an activating group) is 1. The maximum atomic E-state index is 13.5. The highest BCUT2D eigenvalue weighted by Gasteiger charge is 2.22. The van der Waals surface area contributed by atoms with E-state index in [2.05, 4.69) is 0 Å². The van der Waals surface area contributed by atoms with Crippen LogP contribution in [0.15, 0.2) is 18.2 Å². The number of carbonyl (C=O) groups excluding carboxylic acids is 1. The Morgan fingerprint density at radius 1 is 1.35 bits per heavy atom. The van der Waals surface area contributed by atoms with Crippen LogP contribution in [0.5, 0.6) is 0 Å². The second-order valence-corrected chi connectivity index (χ2v) is 4.08. The second-order valence-electron chi connectivity index (χ2n) is 4.08. The lowest BCUT2D eigenvalue weighted by Gasteiger charge is -2.27. The molecule has 1 amide bonds. The Labute approximate surface area is 99.2 Å². The van der Waals surface area contributed by atoms with E-state index in [9.17, 15) is 13.6 Å². The van der Waals surface area contributed by atoms with E-state index in [1.165, 1.54) is 11.9 Å². The fourth-order valence-corrected chi connectivity index (χ4v) is 1.56. The van der Waals surface area contributed by atoms with Crippen LogP contribution in [-0.4, -0.2) is 23.9 Å². The van der Waals surface area contributed by atoms with Crippen molar-refractivity contribution in [2.45, 2.75) is 25.9 Å². The summed E-state index contributed by atoms with van der Waals surface area (Å²) in [7, 11) is 1.51. The molecule has 94 valence electrons. The Balaban J connectivity index is 2.99. The van der Waals surface area contributed by atoms with Crippen molar-refractivity contribution in [2.24, 2.45) is 5.73 Å². The highest BCUT2D eigenvalue weighted by molar-refractivity contribution is 5.81. The summed E-state index contributed by atoms with van der Waals surface area (Å²) in [4.78, 5) is 12.9. The molecule has 0 fully saturated rings. The van der Waals surface area contributed by atoms with Crippen LogP contribution >= 0.6 is 0 Å². The smallest absolute Gasteiger partial charge is 0.239 e. The predicted octanol–water partition coefficient (Wildman–Crippen LogP) is 1.83. The fraction of sp³-hybridized carbons (Fsp3) is 0.417. The molecule has 0 aromatic heterocycles. The van der Waals surface area contributed by atoms with Gasteiger partial charge in [0.2, 0.25) is 5.91 Å². The number of nitrogens with two attached hydrogens (primary N) is 1. The minimum Gasteiger partial charge on any atom is -0.338 e. The average molecular weight is 242 g/mol. The molecule has 0 aliphatic carbocycles. The number of benzene rings is 1. The first kappa shape index (κ1) is 13.6.